The minimum Gasteiger partial charge on any atom is -0.264 e. The SMILES string of the molecule is COS(=O)(=O)O.C[n+]1c(-c2ccc(Cl)cc2Cl)c2cc([N+](=O)[O-])ccc2c2ccccc21. The van der Waals surface area contributed by atoms with E-state index >= 15 is 0 Å². The van der Waals surface area contributed by atoms with Crippen molar-refractivity contribution in [3.8, 4) is 11.3 Å². The highest BCUT2D eigenvalue weighted by Gasteiger charge is 2.24. The number of aromatic nitrogens is 1. The third-order valence-electron chi connectivity index (χ3n) is 4.76. The van der Waals surface area contributed by atoms with Gasteiger partial charge in [-0.1, -0.05) is 35.3 Å². The van der Waals surface area contributed by atoms with Crippen molar-refractivity contribution in [1.29, 1.82) is 0 Å². The van der Waals surface area contributed by atoms with Gasteiger partial charge in [0.15, 0.2) is 0 Å². The molecule has 0 aliphatic carbocycles. The van der Waals surface area contributed by atoms with E-state index in [0.29, 0.717) is 10.0 Å². The molecule has 0 radical (unpaired) electrons. The molecular weight excluding hydrogens is 479 g/mol. The van der Waals surface area contributed by atoms with Gasteiger partial charge in [0.05, 0.1) is 33.4 Å². The van der Waals surface area contributed by atoms with Crippen LogP contribution >= 0.6 is 23.2 Å². The average molecular weight is 496 g/mol. The molecule has 0 saturated heterocycles. The van der Waals surface area contributed by atoms with E-state index < -0.39 is 10.4 Å². The Morgan fingerprint density at radius 3 is 2.25 bits per heavy atom. The fraction of sp³-hybridized carbons (Fsp3) is 0.0952. The second kappa shape index (κ2) is 9.35. The minimum atomic E-state index is -4.16. The Bertz CT molecular complexity index is 1460. The maximum atomic E-state index is 11.3. The number of aryl methyl sites for hydroxylation is 1. The number of benzene rings is 3. The van der Waals surface area contributed by atoms with Gasteiger partial charge in [-0.3, -0.25) is 18.9 Å². The number of fused-ring (bicyclic) bond motifs is 3. The van der Waals surface area contributed by atoms with E-state index in [1.807, 2.05) is 41.9 Å². The summed E-state index contributed by atoms with van der Waals surface area (Å²) in [5.74, 6) is 0. The third-order valence-corrected chi connectivity index (χ3v) is 5.73. The second-order valence-electron chi connectivity index (χ2n) is 6.63. The molecule has 1 aromatic heterocycles. The summed E-state index contributed by atoms with van der Waals surface area (Å²) in [5, 5.41) is 15.1. The van der Waals surface area contributed by atoms with Crippen molar-refractivity contribution in [3.63, 3.8) is 0 Å². The zero-order chi connectivity index (χ0) is 23.6. The Kier molecular flexibility index (Phi) is 6.97. The van der Waals surface area contributed by atoms with Gasteiger partial charge < -0.3 is 0 Å². The predicted octanol–water partition coefficient (Wildman–Crippen LogP) is 5.14. The van der Waals surface area contributed by atoms with Crippen LogP contribution in [0.2, 0.25) is 10.0 Å². The molecule has 0 unspecified atom stereocenters. The molecule has 1 N–H and O–H groups in total. The van der Waals surface area contributed by atoms with Crippen molar-refractivity contribution < 1.29 is 26.6 Å². The molecule has 0 aliphatic heterocycles. The molecule has 0 spiro atoms. The van der Waals surface area contributed by atoms with Gasteiger partial charge >= 0.3 is 10.4 Å². The molecular formula is C21H17Cl2N2O6S+. The maximum absolute atomic E-state index is 11.3. The molecule has 1 heterocycles. The zero-order valence-electron chi connectivity index (χ0n) is 16.8. The monoisotopic (exact) mass is 495 g/mol. The summed E-state index contributed by atoms with van der Waals surface area (Å²) in [4.78, 5) is 10.9. The number of para-hydroxylation sites is 1. The number of hydrogen-bond donors (Lipinski definition) is 1. The van der Waals surface area contributed by atoms with Crippen molar-refractivity contribution in [3.05, 3.63) is 80.8 Å². The summed E-state index contributed by atoms with van der Waals surface area (Å²) in [7, 11) is -1.36. The Balaban J connectivity index is 0.000000427. The van der Waals surface area contributed by atoms with E-state index in [1.54, 1.807) is 24.3 Å². The second-order valence-corrected chi connectivity index (χ2v) is 8.66. The fourth-order valence-corrected chi connectivity index (χ4v) is 3.88. The van der Waals surface area contributed by atoms with Gasteiger partial charge in [0.25, 0.3) is 5.69 Å². The first kappa shape index (κ1) is 23.8. The molecule has 0 fully saturated rings. The number of halogens is 2. The summed E-state index contributed by atoms with van der Waals surface area (Å²) in [6.07, 6.45) is 0. The number of nitrogens with zero attached hydrogens (tertiary/aromatic N) is 2. The molecule has 0 amide bonds. The van der Waals surface area contributed by atoms with Crippen LogP contribution in [0.5, 0.6) is 0 Å². The third kappa shape index (κ3) is 4.98. The first-order chi connectivity index (χ1) is 15.0. The number of nitro groups is 1. The normalized spacial score (nSPS) is 11.3. The smallest absolute Gasteiger partial charge is 0.264 e. The lowest BCUT2D eigenvalue weighted by atomic mass is 9.98. The van der Waals surface area contributed by atoms with Crippen LogP contribution in [-0.4, -0.2) is 25.0 Å². The van der Waals surface area contributed by atoms with E-state index in [9.17, 15) is 18.5 Å². The topological polar surface area (TPSA) is 111 Å². The lowest BCUT2D eigenvalue weighted by Gasteiger charge is -2.10. The fourth-order valence-electron chi connectivity index (χ4n) is 3.38. The molecule has 32 heavy (non-hydrogen) atoms. The lowest BCUT2D eigenvalue weighted by Crippen LogP contribution is -2.32. The van der Waals surface area contributed by atoms with E-state index in [4.69, 9.17) is 27.8 Å². The highest BCUT2D eigenvalue weighted by atomic mass is 35.5. The first-order valence-corrected chi connectivity index (χ1v) is 11.1. The van der Waals surface area contributed by atoms with Gasteiger partial charge in [-0.05, 0) is 30.3 Å². The maximum Gasteiger partial charge on any atom is 0.397 e. The number of rotatable bonds is 3. The number of non-ortho nitro benzene ring substituents is 1. The minimum absolute atomic E-state index is 0.0408. The van der Waals surface area contributed by atoms with Crippen LogP contribution in [0, 0.1) is 10.1 Å². The van der Waals surface area contributed by atoms with Crippen LogP contribution in [0.25, 0.3) is 32.9 Å². The Hall–Kier alpha value is -2.82. The van der Waals surface area contributed by atoms with Crippen LogP contribution in [0.15, 0.2) is 60.7 Å². The largest absolute Gasteiger partial charge is 0.397 e. The highest BCUT2D eigenvalue weighted by Crippen LogP contribution is 2.36. The number of pyridine rings is 1. The first-order valence-electron chi connectivity index (χ1n) is 9.01. The van der Waals surface area contributed by atoms with Crippen molar-refractivity contribution in [2.45, 2.75) is 0 Å². The standard InChI is InChI=1S/C20H13Cl2N2O2.CH4O4S/c1-23-19-5-3-2-4-15(19)14-9-7-13(24(25)26)11-17(14)20(23)16-8-6-12(21)10-18(16)22;1-5-6(2,3)4/h2-11H,1H3;1H3,(H,2,3,4)/q+1;. The predicted molar refractivity (Wildman–Crippen MR) is 123 cm³/mol. The molecule has 3 aromatic carbocycles. The van der Waals surface area contributed by atoms with Crippen LogP contribution in [-0.2, 0) is 21.6 Å². The van der Waals surface area contributed by atoms with E-state index in [0.717, 1.165) is 40.0 Å². The molecule has 0 bridgehead atoms. The quantitative estimate of drug-likeness (QED) is 0.138. The van der Waals surface area contributed by atoms with Gasteiger partial charge in [0.1, 0.15) is 7.05 Å². The Labute approximate surface area is 193 Å². The van der Waals surface area contributed by atoms with Gasteiger partial charge in [-0.25, -0.2) is 0 Å². The highest BCUT2D eigenvalue weighted by molar-refractivity contribution is 7.80. The van der Waals surface area contributed by atoms with Gasteiger partial charge in [-0.15, -0.1) is 0 Å². The van der Waals surface area contributed by atoms with Crippen molar-refractivity contribution in [1.82, 2.24) is 0 Å². The molecule has 4 aromatic rings. The van der Waals surface area contributed by atoms with E-state index in [1.165, 1.54) is 6.07 Å². The van der Waals surface area contributed by atoms with E-state index in [2.05, 4.69) is 4.18 Å². The molecule has 0 aliphatic rings. The lowest BCUT2D eigenvalue weighted by molar-refractivity contribution is -0.632. The Morgan fingerprint density at radius 2 is 1.66 bits per heavy atom. The van der Waals surface area contributed by atoms with Crippen LogP contribution in [0.1, 0.15) is 0 Å². The van der Waals surface area contributed by atoms with Gasteiger partial charge in [0, 0.05) is 28.6 Å². The van der Waals surface area contributed by atoms with Gasteiger partial charge in [0.2, 0.25) is 11.2 Å². The zero-order valence-corrected chi connectivity index (χ0v) is 19.1. The molecule has 8 nitrogen and oxygen atoms in total. The Morgan fingerprint density at radius 1 is 1.00 bits per heavy atom. The van der Waals surface area contributed by atoms with Crippen LogP contribution in [0.4, 0.5) is 5.69 Å². The molecule has 0 saturated carbocycles. The van der Waals surface area contributed by atoms with Gasteiger partial charge in [-0.2, -0.15) is 13.0 Å². The van der Waals surface area contributed by atoms with Crippen LogP contribution in [0.3, 0.4) is 0 Å². The summed E-state index contributed by atoms with van der Waals surface area (Å²) in [6, 6.07) is 18.2. The molecule has 11 heteroatoms. The number of hydrogen-bond acceptors (Lipinski definition) is 5. The summed E-state index contributed by atoms with van der Waals surface area (Å²) in [6.45, 7) is 0. The molecule has 4 rings (SSSR count). The van der Waals surface area contributed by atoms with Crippen molar-refractivity contribution in [2.75, 3.05) is 7.11 Å². The number of nitro benzene ring substituents is 1. The average Bonchev–Trinajstić information content (AvgIpc) is 2.75. The molecule has 166 valence electrons. The summed E-state index contributed by atoms with van der Waals surface area (Å²) < 4.78 is 31.7. The molecule has 0 atom stereocenters. The van der Waals surface area contributed by atoms with Crippen molar-refractivity contribution >= 4 is 61.0 Å². The van der Waals surface area contributed by atoms with E-state index in [-0.39, 0.29) is 10.6 Å². The summed E-state index contributed by atoms with van der Waals surface area (Å²) in [5.41, 5.74) is 2.63. The van der Waals surface area contributed by atoms with Crippen LogP contribution < -0.4 is 4.57 Å². The summed E-state index contributed by atoms with van der Waals surface area (Å²) >= 11 is 12.5. The van der Waals surface area contributed by atoms with Crippen molar-refractivity contribution in [2.24, 2.45) is 7.05 Å².